The van der Waals surface area contributed by atoms with Crippen molar-refractivity contribution in [2.24, 2.45) is 7.05 Å². The van der Waals surface area contributed by atoms with Gasteiger partial charge in [-0.05, 0) is 6.07 Å². The van der Waals surface area contributed by atoms with Crippen molar-refractivity contribution in [3.63, 3.8) is 0 Å². The number of aryl methyl sites for hydroxylation is 1. The fourth-order valence-corrected chi connectivity index (χ4v) is 1.55. The van der Waals surface area contributed by atoms with E-state index in [0.717, 1.165) is 6.07 Å². The number of phenols is 1. The van der Waals surface area contributed by atoms with Crippen molar-refractivity contribution in [2.75, 3.05) is 0 Å². The van der Waals surface area contributed by atoms with Crippen molar-refractivity contribution < 1.29 is 15.1 Å². The van der Waals surface area contributed by atoms with E-state index in [1.165, 1.54) is 16.8 Å². The second-order valence-electron chi connectivity index (χ2n) is 3.21. The lowest BCUT2D eigenvalue weighted by atomic mass is 10.2. The molecule has 0 bridgehead atoms. The molecule has 6 nitrogen and oxygen atoms in total. The number of phenolic OH excluding ortho intramolecular Hbond substituents is 1. The Morgan fingerprint density at radius 1 is 1.40 bits per heavy atom. The molecule has 15 heavy (non-hydrogen) atoms. The minimum absolute atomic E-state index is 0.0579. The highest BCUT2D eigenvalue weighted by Gasteiger charge is 2.20. The Bertz CT molecular complexity index is 559. The molecule has 0 spiro atoms. The average molecular weight is 208 g/mol. The fraction of sp³-hybridized carbons (Fsp3) is 0.111. The van der Waals surface area contributed by atoms with Crippen LogP contribution in [0.25, 0.3) is 10.8 Å². The van der Waals surface area contributed by atoms with E-state index in [2.05, 4.69) is 0 Å². The lowest BCUT2D eigenvalue weighted by Crippen LogP contribution is -1.88. The summed E-state index contributed by atoms with van der Waals surface area (Å²) < 4.78 is 1.32. The van der Waals surface area contributed by atoms with Crippen LogP contribution in [0.1, 0.15) is 0 Å². The molecule has 2 rings (SSSR count). The zero-order valence-corrected chi connectivity index (χ0v) is 7.84. The molecule has 0 saturated heterocycles. The summed E-state index contributed by atoms with van der Waals surface area (Å²) >= 11 is 0. The zero-order chi connectivity index (χ0) is 11.2. The molecule has 0 aliphatic carbocycles. The predicted molar refractivity (Wildman–Crippen MR) is 52.9 cm³/mol. The third kappa shape index (κ3) is 1.18. The number of nitrogens with zero attached hydrogens (tertiary/aromatic N) is 2. The molecule has 0 aliphatic heterocycles. The van der Waals surface area contributed by atoms with Crippen molar-refractivity contribution in [2.45, 2.75) is 0 Å². The summed E-state index contributed by atoms with van der Waals surface area (Å²) in [7, 11) is 1.54. The molecule has 0 amide bonds. The molecule has 1 aromatic carbocycles. The van der Waals surface area contributed by atoms with Gasteiger partial charge in [0.15, 0.2) is 0 Å². The monoisotopic (exact) mass is 208 g/mol. The van der Waals surface area contributed by atoms with E-state index >= 15 is 0 Å². The van der Waals surface area contributed by atoms with Crippen LogP contribution in [0.4, 0.5) is 5.69 Å². The fourth-order valence-electron chi connectivity index (χ4n) is 1.55. The van der Waals surface area contributed by atoms with Gasteiger partial charge < -0.3 is 14.8 Å². The Hall–Kier alpha value is -2.24. The highest BCUT2D eigenvalue weighted by molar-refractivity contribution is 5.99. The number of aromatic nitrogens is 1. The minimum Gasteiger partial charge on any atom is -0.507 e. The first kappa shape index (κ1) is 9.32. The van der Waals surface area contributed by atoms with E-state index < -0.39 is 4.92 Å². The molecular formula is C9H8N2O4. The lowest BCUT2D eigenvalue weighted by Gasteiger charge is -1.97. The van der Waals surface area contributed by atoms with Gasteiger partial charge in [0.25, 0.3) is 5.69 Å². The van der Waals surface area contributed by atoms with Crippen LogP contribution < -0.4 is 0 Å². The summed E-state index contributed by atoms with van der Waals surface area (Å²) in [5.74, 6) is -0.320. The molecule has 2 N–H and O–H groups in total. The lowest BCUT2D eigenvalue weighted by molar-refractivity contribution is -0.383. The zero-order valence-electron chi connectivity index (χ0n) is 7.84. The van der Waals surface area contributed by atoms with Gasteiger partial charge in [-0.3, -0.25) is 10.1 Å². The van der Waals surface area contributed by atoms with E-state index in [9.17, 15) is 20.3 Å². The quantitative estimate of drug-likeness (QED) is 0.549. The average Bonchev–Trinajstić information content (AvgIpc) is 2.46. The maximum atomic E-state index is 10.7. The first-order valence-corrected chi connectivity index (χ1v) is 4.16. The molecule has 0 saturated carbocycles. The van der Waals surface area contributed by atoms with E-state index in [0.29, 0.717) is 0 Å². The molecule has 0 radical (unpaired) electrons. The minimum atomic E-state index is -0.596. The van der Waals surface area contributed by atoms with Gasteiger partial charge >= 0.3 is 0 Å². The molecule has 6 heteroatoms. The number of hydrogen-bond donors (Lipinski definition) is 2. The number of hydrogen-bond acceptors (Lipinski definition) is 4. The number of rotatable bonds is 1. The first-order valence-electron chi connectivity index (χ1n) is 4.16. The number of non-ortho nitro benzene ring substituents is 1. The molecule has 78 valence electrons. The van der Waals surface area contributed by atoms with Crippen molar-refractivity contribution in [1.82, 2.24) is 4.57 Å². The maximum absolute atomic E-state index is 10.7. The smallest absolute Gasteiger partial charge is 0.282 e. The third-order valence-electron chi connectivity index (χ3n) is 2.28. The predicted octanol–water partition coefficient (Wildman–Crippen LogP) is 1.50. The molecule has 2 aromatic rings. The van der Waals surface area contributed by atoms with Crippen molar-refractivity contribution in [3.8, 4) is 11.6 Å². The van der Waals surface area contributed by atoms with Crippen LogP contribution in [0, 0.1) is 10.1 Å². The SMILES string of the molecule is Cn1cc2c(O)ccc([N+](=O)[O-])c2c1O. The summed E-state index contributed by atoms with van der Waals surface area (Å²) in [4.78, 5) is 10.1. The van der Waals surface area contributed by atoms with Crippen molar-refractivity contribution >= 4 is 16.5 Å². The largest absolute Gasteiger partial charge is 0.507 e. The van der Waals surface area contributed by atoms with Crippen LogP contribution in [0.3, 0.4) is 0 Å². The second-order valence-corrected chi connectivity index (χ2v) is 3.21. The van der Waals surface area contributed by atoms with Gasteiger partial charge in [-0.25, -0.2) is 0 Å². The van der Waals surface area contributed by atoms with Crippen LogP contribution >= 0.6 is 0 Å². The van der Waals surface area contributed by atoms with E-state index in [1.807, 2.05) is 0 Å². The molecule has 0 fully saturated rings. The van der Waals surface area contributed by atoms with E-state index in [-0.39, 0.29) is 28.1 Å². The Morgan fingerprint density at radius 3 is 2.67 bits per heavy atom. The highest BCUT2D eigenvalue weighted by Crippen LogP contribution is 2.38. The molecule has 1 heterocycles. The van der Waals surface area contributed by atoms with Crippen LogP contribution in [-0.2, 0) is 7.05 Å². The molecule has 0 aliphatic rings. The highest BCUT2D eigenvalue weighted by atomic mass is 16.6. The number of aromatic hydroxyl groups is 2. The van der Waals surface area contributed by atoms with Gasteiger partial charge in [0.05, 0.1) is 10.3 Å². The molecular weight excluding hydrogens is 200 g/mol. The molecule has 0 atom stereocenters. The Labute approximate surface area is 84.1 Å². The summed E-state index contributed by atoms with van der Waals surface area (Å²) in [5, 5.41) is 30.1. The Balaban J connectivity index is 2.96. The standard InChI is InChI=1S/C9H8N2O4/c1-10-4-5-7(12)3-2-6(11(14)15)8(5)9(10)13/h2-4,12-13H,1H3. The van der Waals surface area contributed by atoms with Crippen molar-refractivity contribution in [1.29, 1.82) is 0 Å². The van der Waals surface area contributed by atoms with E-state index in [1.54, 1.807) is 7.05 Å². The van der Waals surface area contributed by atoms with Gasteiger partial charge in [0.1, 0.15) is 11.1 Å². The van der Waals surface area contributed by atoms with Gasteiger partial charge in [0, 0.05) is 19.3 Å². The second kappa shape index (κ2) is 2.88. The normalized spacial score (nSPS) is 10.7. The van der Waals surface area contributed by atoms with Gasteiger partial charge in [-0.2, -0.15) is 0 Å². The van der Waals surface area contributed by atoms with Gasteiger partial charge in [0.2, 0.25) is 5.88 Å². The Kier molecular flexibility index (Phi) is 1.79. The number of nitro benzene ring substituents is 1. The van der Waals surface area contributed by atoms with Crippen LogP contribution in [0.2, 0.25) is 0 Å². The van der Waals surface area contributed by atoms with Gasteiger partial charge in [-0.1, -0.05) is 0 Å². The van der Waals surface area contributed by atoms with Crippen molar-refractivity contribution in [3.05, 3.63) is 28.4 Å². The Morgan fingerprint density at radius 2 is 2.07 bits per heavy atom. The number of fused-ring (bicyclic) bond motifs is 1. The van der Waals surface area contributed by atoms with E-state index in [4.69, 9.17) is 0 Å². The molecule has 0 unspecified atom stereocenters. The maximum Gasteiger partial charge on any atom is 0.282 e. The summed E-state index contributed by atoms with van der Waals surface area (Å²) in [5.41, 5.74) is -0.221. The summed E-state index contributed by atoms with van der Waals surface area (Å²) in [6.07, 6.45) is 1.44. The summed E-state index contributed by atoms with van der Waals surface area (Å²) in [6, 6.07) is 2.40. The van der Waals surface area contributed by atoms with Crippen LogP contribution in [0.15, 0.2) is 18.3 Å². The summed E-state index contributed by atoms with van der Waals surface area (Å²) in [6.45, 7) is 0. The van der Waals surface area contributed by atoms with Crippen LogP contribution in [0.5, 0.6) is 11.6 Å². The van der Waals surface area contributed by atoms with Gasteiger partial charge in [-0.15, -0.1) is 0 Å². The van der Waals surface area contributed by atoms with Crippen LogP contribution in [-0.4, -0.2) is 19.7 Å². The number of benzene rings is 1. The topological polar surface area (TPSA) is 88.5 Å². The number of nitro groups is 1. The molecule has 1 aromatic heterocycles. The first-order chi connectivity index (χ1) is 7.02. The third-order valence-corrected chi connectivity index (χ3v) is 2.28.